The molecule has 1 aromatic heterocycles. The zero-order valence-electron chi connectivity index (χ0n) is 12.4. The summed E-state index contributed by atoms with van der Waals surface area (Å²) in [6, 6.07) is 7.48. The molecule has 0 amide bonds. The topological polar surface area (TPSA) is 50.9 Å². The van der Waals surface area contributed by atoms with Crippen LogP contribution in [0, 0.1) is 0 Å². The summed E-state index contributed by atoms with van der Waals surface area (Å²) in [4.78, 5) is 3.94. The summed E-state index contributed by atoms with van der Waals surface area (Å²) in [6.45, 7) is 2.54. The fraction of sp³-hybridized carbons (Fsp3) is 0.500. The van der Waals surface area contributed by atoms with Crippen LogP contribution in [0.3, 0.4) is 0 Å². The number of hydrogen-bond acceptors (Lipinski definition) is 3. The Balaban J connectivity index is 2.18. The largest absolute Gasteiger partial charge is 0.383 e. The maximum Gasteiger partial charge on any atom is 0.137 e. The minimum Gasteiger partial charge on any atom is -0.383 e. The molecule has 1 unspecified atom stereocenters. The van der Waals surface area contributed by atoms with Crippen molar-refractivity contribution in [1.82, 2.24) is 14.8 Å². The van der Waals surface area contributed by atoms with Crippen molar-refractivity contribution in [2.45, 2.75) is 51.2 Å². The number of aliphatic hydroxyl groups is 1. The highest BCUT2D eigenvalue weighted by Crippen LogP contribution is 2.34. The second-order valence-corrected chi connectivity index (χ2v) is 5.82. The summed E-state index contributed by atoms with van der Waals surface area (Å²) >= 11 is 6.28. The molecule has 1 atom stereocenters. The Morgan fingerprint density at radius 1 is 1.24 bits per heavy atom. The molecule has 4 nitrogen and oxygen atoms in total. The predicted molar refractivity (Wildman–Crippen MR) is 84.1 cm³/mol. The van der Waals surface area contributed by atoms with E-state index in [1.165, 1.54) is 19.2 Å². The Hall–Kier alpha value is -1.39. The standard InChI is InChI=1S/C16H22ClN3O/c1-2-3-4-7-10-16(21,11-20-13-18-12-19-20)14-8-5-6-9-15(14)17/h5-6,8-9,12-13,21H,2-4,7,10-11H2,1H3. The van der Waals surface area contributed by atoms with Gasteiger partial charge in [0.25, 0.3) is 0 Å². The molecule has 1 N–H and O–H groups in total. The van der Waals surface area contributed by atoms with Crippen molar-refractivity contribution in [2.75, 3.05) is 0 Å². The van der Waals surface area contributed by atoms with Crippen molar-refractivity contribution in [3.8, 4) is 0 Å². The molecular formula is C16H22ClN3O. The first kappa shape index (κ1) is 16.0. The van der Waals surface area contributed by atoms with Gasteiger partial charge in [-0.1, -0.05) is 62.4 Å². The van der Waals surface area contributed by atoms with Crippen molar-refractivity contribution < 1.29 is 5.11 Å². The lowest BCUT2D eigenvalue weighted by Gasteiger charge is -2.29. The summed E-state index contributed by atoms with van der Waals surface area (Å²) in [5.74, 6) is 0. The van der Waals surface area contributed by atoms with Crippen LogP contribution in [0.5, 0.6) is 0 Å². The Labute approximate surface area is 130 Å². The van der Waals surface area contributed by atoms with Crippen molar-refractivity contribution >= 4 is 11.6 Å². The molecule has 0 spiro atoms. The van der Waals surface area contributed by atoms with Crippen LogP contribution in [0.1, 0.15) is 44.6 Å². The van der Waals surface area contributed by atoms with E-state index in [9.17, 15) is 5.11 Å². The van der Waals surface area contributed by atoms with E-state index in [4.69, 9.17) is 11.6 Å². The molecule has 1 heterocycles. The van der Waals surface area contributed by atoms with Gasteiger partial charge >= 0.3 is 0 Å². The van der Waals surface area contributed by atoms with E-state index < -0.39 is 5.60 Å². The Morgan fingerprint density at radius 3 is 2.71 bits per heavy atom. The predicted octanol–water partition coefficient (Wildman–Crippen LogP) is 3.79. The first-order valence-corrected chi connectivity index (χ1v) is 7.83. The number of hydrogen-bond donors (Lipinski definition) is 1. The highest BCUT2D eigenvalue weighted by atomic mass is 35.5. The van der Waals surface area contributed by atoms with Crippen molar-refractivity contribution in [2.24, 2.45) is 0 Å². The van der Waals surface area contributed by atoms with Crippen LogP contribution in [-0.4, -0.2) is 19.9 Å². The molecule has 21 heavy (non-hydrogen) atoms. The Bertz CT molecular complexity index is 544. The van der Waals surface area contributed by atoms with Gasteiger partial charge in [0.2, 0.25) is 0 Å². The molecule has 5 heteroatoms. The molecule has 2 aromatic rings. The van der Waals surface area contributed by atoms with Crippen LogP contribution >= 0.6 is 11.6 Å². The van der Waals surface area contributed by atoms with Gasteiger partial charge < -0.3 is 5.11 Å². The third-order valence-electron chi connectivity index (χ3n) is 3.71. The molecular weight excluding hydrogens is 286 g/mol. The van der Waals surface area contributed by atoms with Crippen LogP contribution in [0.25, 0.3) is 0 Å². The number of unbranched alkanes of at least 4 members (excludes halogenated alkanes) is 3. The zero-order valence-corrected chi connectivity index (χ0v) is 13.1. The highest BCUT2D eigenvalue weighted by Gasteiger charge is 2.31. The lowest BCUT2D eigenvalue weighted by molar-refractivity contribution is 0.00388. The van der Waals surface area contributed by atoms with Crippen molar-refractivity contribution in [3.63, 3.8) is 0 Å². The van der Waals surface area contributed by atoms with Gasteiger partial charge in [-0.05, 0) is 12.5 Å². The third-order valence-corrected chi connectivity index (χ3v) is 4.04. The maximum atomic E-state index is 11.2. The third kappa shape index (κ3) is 4.29. The molecule has 0 aliphatic heterocycles. The molecule has 0 bridgehead atoms. The zero-order chi connectivity index (χ0) is 15.1. The fourth-order valence-electron chi connectivity index (χ4n) is 2.56. The van der Waals surface area contributed by atoms with Gasteiger partial charge in [0, 0.05) is 10.6 Å². The minimum atomic E-state index is -1.01. The molecule has 0 saturated carbocycles. The minimum absolute atomic E-state index is 0.364. The number of aromatic nitrogens is 3. The second-order valence-electron chi connectivity index (χ2n) is 5.42. The average Bonchev–Trinajstić information content (AvgIpc) is 2.97. The first-order valence-electron chi connectivity index (χ1n) is 7.45. The summed E-state index contributed by atoms with van der Waals surface area (Å²) in [6.07, 6.45) is 8.19. The van der Waals surface area contributed by atoms with Crippen molar-refractivity contribution in [1.29, 1.82) is 0 Å². The van der Waals surface area contributed by atoms with Gasteiger partial charge in [0.15, 0.2) is 0 Å². The Kier molecular flexibility index (Phi) is 5.76. The maximum absolute atomic E-state index is 11.2. The van der Waals surface area contributed by atoms with Crippen LogP contribution in [-0.2, 0) is 12.1 Å². The van der Waals surface area contributed by atoms with Gasteiger partial charge in [-0.25, -0.2) is 9.67 Å². The summed E-state index contributed by atoms with van der Waals surface area (Å²) < 4.78 is 1.66. The lowest BCUT2D eigenvalue weighted by Crippen LogP contribution is -2.32. The smallest absolute Gasteiger partial charge is 0.137 e. The van der Waals surface area contributed by atoms with E-state index in [2.05, 4.69) is 17.0 Å². The molecule has 0 radical (unpaired) electrons. The second kappa shape index (κ2) is 7.57. The molecule has 0 aliphatic rings. The lowest BCUT2D eigenvalue weighted by atomic mass is 9.88. The molecule has 114 valence electrons. The van der Waals surface area contributed by atoms with Gasteiger partial charge in [-0.3, -0.25) is 0 Å². The fourth-order valence-corrected chi connectivity index (χ4v) is 2.88. The molecule has 0 saturated heterocycles. The molecule has 1 aromatic carbocycles. The first-order chi connectivity index (χ1) is 10.2. The average molecular weight is 308 g/mol. The normalized spacial score (nSPS) is 14.0. The SMILES string of the molecule is CCCCCCC(O)(Cn1cncn1)c1ccccc1Cl. The summed E-state index contributed by atoms with van der Waals surface area (Å²) in [5.41, 5.74) is -0.251. The molecule has 0 aliphatic carbocycles. The van der Waals surface area contributed by atoms with E-state index in [1.54, 1.807) is 11.0 Å². The molecule has 0 fully saturated rings. The molecule has 2 rings (SSSR count). The van der Waals surface area contributed by atoms with Crippen LogP contribution in [0.2, 0.25) is 5.02 Å². The van der Waals surface area contributed by atoms with Gasteiger partial charge in [0.1, 0.15) is 18.3 Å². The van der Waals surface area contributed by atoms with Crippen LogP contribution < -0.4 is 0 Å². The van der Waals surface area contributed by atoms with E-state index in [-0.39, 0.29) is 0 Å². The van der Waals surface area contributed by atoms with E-state index in [0.717, 1.165) is 18.4 Å². The quantitative estimate of drug-likeness (QED) is 0.755. The number of rotatable bonds is 8. The Morgan fingerprint density at radius 2 is 2.05 bits per heavy atom. The van der Waals surface area contributed by atoms with Gasteiger partial charge in [0.05, 0.1) is 6.54 Å². The van der Waals surface area contributed by atoms with Crippen molar-refractivity contribution in [3.05, 3.63) is 47.5 Å². The van der Waals surface area contributed by atoms with E-state index >= 15 is 0 Å². The summed E-state index contributed by atoms with van der Waals surface area (Å²) in [5, 5.41) is 15.9. The van der Waals surface area contributed by atoms with Crippen LogP contribution in [0.4, 0.5) is 0 Å². The van der Waals surface area contributed by atoms with E-state index in [0.29, 0.717) is 18.0 Å². The van der Waals surface area contributed by atoms with E-state index in [1.807, 2.05) is 24.3 Å². The van der Waals surface area contributed by atoms with Gasteiger partial charge in [-0.15, -0.1) is 0 Å². The summed E-state index contributed by atoms with van der Waals surface area (Å²) in [7, 11) is 0. The van der Waals surface area contributed by atoms with Gasteiger partial charge in [-0.2, -0.15) is 5.10 Å². The highest BCUT2D eigenvalue weighted by molar-refractivity contribution is 6.31. The number of benzene rings is 1. The van der Waals surface area contributed by atoms with Crippen LogP contribution in [0.15, 0.2) is 36.9 Å². The number of halogens is 1. The monoisotopic (exact) mass is 307 g/mol. The number of nitrogens with zero attached hydrogens (tertiary/aromatic N) is 3.